The second-order valence-corrected chi connectivity index (χ2v) is 7.36. The molecule has 1 saturated heterocycles. The third-order valence-electron chi connectivity index (χ3n) is 5.45. The Morgan fingerprint density at radius 3 is 2.37 bits per heavy atom. The Bertz CT molecular complexity index is 956. The molecule has 1 unspecified atom stereocenters. The van der Waals surface area contributed by atoms with Crippen molar-refractivity contribution in [2.24, 2.45) is 28.3 Å². The summed E-state index contributed by atoms with van der Waals surface area (Å²) in [5, 5.41) is 12.7. The van der Waals surface area contributed by atoms with Crippen molar-refractivity contribution in [2.45, 2.75) is 25.7 Å². The van der Waals surface area contributed by atoms with Crippen molar-refractivity contribution < 1.29 is 19.5 Å². The number of allylic oxidation sites excluding steroid dienone is 2. The van der Waals surface area contributed by atoms with Gasteiger partial charge in [0.05, 0.1) is 23.4 Å². The first-order chi connectivity index (χ1) is 14.3. The lowest BCUT2D eigenvalue weighted by Gasteiger charge is -2.33. The number of primary amides is 1. The van der Waals surface area contributed by atoms with E-state index in [0.29, 0.717) is 24.2 Å². The van der Waals surface area contributed by atoms with Gasteiger partial charge in [0, 0.05) is 19.5 Å². The van der Waals surface area contributed by atoms with Crippen LogP contribution in [-0.2, 0) is 14.4 Å². The molecule has 1 atom stereocenters. The minimum atomic E-state index is -1.03. The summed E-state index contributed by atoms with van der Waals surface area (Å²) in [6, 6.07) is 6.88. The number of carbonyl (C=O) groups is 3. The molecule has 0 radical (unpaired) electrons. The van der Waals surface area contributed by atoms with E-state index in [9.17, 15) is 19.5 Å². The van der Waals surface area contributed by atoms with Crippen molar-refractivity contribution in [3.8, 4) is 0 Å². The molecule has 158 valence electrons. The summed E-state index contributed by atoms with van der Waals surface area (Å²) in [6.07, 6.45) is 3.10. The van der Waals surface area contributed by atoms with Crippen molar-refractivity contribution >= 4 is 29.4 Å². The topological polar surface area (TPSA) is 165 Å². The Hall–Kier alpha value is -3.62. The molecule has 1 heterocycles. The summed E-state index contributed by atoms with van der Waals surface area (Å²) in [5.74, 6) is 2.29. The van der Waals surface area contributed by atoms with Gasteiger partial charge in [-0.25, -0.2) is 0 Å². The summed E-state index contributed by atoms with van der Waals surface area (Å²) in [4.78, 5) is 39.0. The Morgan fingerprint density at radius 2 is 1.83 bits per heavy atom. The van der Waals surface area contributed by atoms with Gasteiger partial charge in [-0.3, -0.25) is 14.4 Å². The van der Waals surface area contributed by atoms with Gasteiger partial charge in [-0.05, 0) is 36.0 Å². The maximum absolute atomic E-state index is 13.5. The number of hydrogen-bond donors (Lipinski definition) is 4. The summed E-state index contributed by atoms with van der Waals surface area (Å²) >= 11 is 0. The van der Waals surface area contributed by atoms with Crippen LogP contribution in [0.25, 0.3) is 5.57 Å². The number of carbonyl (C=O) groups excluding carboxylic acids is 2. The molecular formula is C21H25N5O4. The van der Waals surface area contributed by atoms with Crippen LogP contribution in [0.1, 0.15) is 36.8 Å². The van der Waals surface area contributed by atoms with Gasteiger partial charge in [-0.2, -0.15) is 5.10 Å². The molecule has 0 saturated carbocycles. The van der Waals surface area contributed by atoms with E-state index in [-0.39, 0.29) is 35.6 Å². The van der Waals surface area contributed by atoms with Crippen LogP contribution in [0.5, 0.6) is 0 Å². The van der Waals surface area contributed by atoms with Crippen LogP contribution in [0.2, 0.25) is 0 Å². The Kier molecular flexibility index (Phi) is 6.20. The maximum Gasteiger partial charge on any atom is 0.303 e. The Morgan fingerprint density at radius 1 is 1.20 bits per heavy atom. The summed E-state index contributed by atoms with van der Waals surface area (Å²) in [5.41, 5.74) is 14.1. The van der Waals surface area contributed by atoms with Crippen LogP contribution in [0.15, 0.2) is 46.3 Å². The number of benzene rings is 1. The van der Waals surface area contributed by atoms with Gasteiger partial charge in [0.25, 0.3) is 5.91 Å². The molecule has 1 aromatic rings. The lowest BCUT2D eigenvalue weighted by Crippen LogP contribution is -2.39. The van der Waals surface area contributed by atoms with Crippen molar-refractivity contribution in [1.82, 2.24) is 4.90 Å². The number of carboxylic acid groups (broad SMARTS) is 1. The third kappa shape index (κ3) is 4.05. The van der Waals surface area contributed by atoms with Crippen LogP contribution >= 0.6 is 0 Å². The fourth-order valence-corrected chi connectivity index (χ4v) is 4.12. The zero-order valence-electron chi connectivity index (χ0n) is 16.5. The van der Waals surface area contributed by atoms with Crippen LogP contribution in [0.3, 0.4) is 0 Å². The van der Waals surface area contributed by atoms with Gasteiger partial charge in [-0.15, -0.1) is 0 Å². The predicted molar refractivity (Wildman–Crippen MR) is 112 cm³/mol. The standard InChI is InChI=1S/C21H25N5O4/c22-18-17(21(23)30)16(13-5-3-12(4-6-13)11-25-24)14(7-8-15(27)28)20(29)19(18)26-9-1-2-10-26/h3-6,11,14H,1-2,7-10,22,24H2,(H2,23,30)(H,27,28). The van der Waals surface area contributed by atoms with Crippen LogP contribution in [0.4, 0.5) is 0 Å². The number of nitrogens with two attached hydrogens (primary N) is 3. The van der Waals surface area contributed by atoms with E-state index in [1.807, 2.05) is 4.90 Å². The fourth-order valence-electron chi connectivity index (χ4n) is 4.12. The Balaban J connectivity index is 2.19. The van der Waals surface area contributed by atoms with E-state index < -0.39 is 17.8 Å². The Labute approximate surface area is 173 Å². The van der Waals surface area contributed by atoms with E-state index in [1.165, 1.54) is 6.21 Å². The molecule has 0 bridgehead atoms. The molecule has 9 nitrogen and oxygen atoms in total. The number of carboxylic acids is 1. The highest BCUT2D eigenvalue weighted by Crippen LogP contribution is 2.40. The largest absolute Gasteiger partial charge is 0.481 e. The van der Waals surface area contributed by atoms with Crippen LogP contribution in [0, 0.1) is 5.92 Å². The number of hydrazone groups is 1. The van der Waals surface area contributed by atoms with Gasteiger partial charge in [0.2, 0.25) is 0 Å². The molecule has 0 aromatic heterocycles. The van der Waals surface area contributed by atoms with Gasteiger partial charge >= 0.3 is 5.97 Å². The second kappa shape index (κ2) is 8.81. The lowest BCUT2D eigenvalue weighted by molar-refractivity contribution is -0.137. The zero-order chi connectivity index (χ0) is 21.8. The van der Waals surface area contributed by atoms with E-state index in [4.69, 9.17) is 17.3 Å². The molecular weight excluding hydrogens is 386 g/mol. The average Bonchev–Trinajstić information content (AvgIpc) is 3.21. The number of likely N-dealkylation sites (tertiary alicyclic amines) is 1. The van der Waals surface area contributed by atoms with Crippen molar-refractivity contribution in [2.75, 3.05) is 13.1 Å². The number of amides is 1. The minimum Gasteiger partial charge on any atom is -0.481 e. The van der Waals surface area contributed by atoms with E-state index >= 15 is 0 Å². The number of ketones is 1. The molecule has 0 spiro atoms. The molecule has 1 fully saturated rings. The van der Waals surface area contributed by atoms with Crippen LogP contribution < -0.4 is 17.3 Å². The first-order valence-corrected chi connectivity index (χ1v) is 9.73. The van der Waals surface area contributed by atoms with Crippen molar-refractivity contribution in [3.63, 3.8) is 0 Å². The smallest absolute Gasteiger partial charge is 0.303 e. The van der Waals surface area contributed by atoms with Gasteiger partial charge in [0.15, 0.2) is 5.78 Å². The summed E-state index contributed by atoms with van der Waals surface area (Å²) in [7, 11) is 0. The fraction of sp³-hybridized carbons (Fsp3) is 0.333. The number of rotatable bonds is 7. The lowest BCUT2D eigenvalue weighted by atomic mass is 9.76. The van der Waals surface area contributed by atoms with Gasteiger partial charge in [0.1, 0.15) is 5.70 Å². The third-order valence-corrected chi connectivity index (χ3v) is 5.45. The SMILES string of the molecule is NN=Cc1ccc(C2=C(C(N)=O)C(N)=C(N3CCCC3)C(=O)C2CCC(=O)O)cc1. The summed E-state index contributed by atoms with van der Waals surface area (Å²) < 4.78 is 0. The molecule has 7 N–H and O–H groups in total. The molecule has 1 aliphatic heterocycles. The predicted octanol–water partition coefficient (Wildman–Crippen LogP) is 0.548. The maximum atomic E-state index is 13.5. The first-order valence-electron chi connectivity index (χ1n) is 9.73. The van der Waals surface area contributed by atoms with E-state index in [0.717, 1.165) is 18.4 Å². The molecule has 9 heteroatoms. The highest BCUT2D eigenvalue weighted by atomic mass is 16.4. The van der Waals surface area contributed by atoms with E-state index in [1.54, 1.807) is 24.3 Å². The average molecular weight is 411 g/mol. The number of aliphatic carboxylic acids is 1. The molecule has 1 aliphatic carbocycles. The normalized spacial score (nSPS) is 19.8. The van der Waals surface area contributed by atoms with E-state index in [2.05, 4.69) is 5.10 Å². The molecule has 1 aromatic carbocycles. The monoisotopic (exact) mass is 411 g/mol. The quantitative estimate of drug-likeness (QED) is 0.289. The highest BCUT2D eigenvalue weighted by Gasteiger charge is 2.40. The molecule has 3 rings (SSSR count). The van der Waals surface area contributed by atoms with Crippen LogP contribution in [-0.4, -0.2) is 47.0 Å². The number of hydrogen-bond acceptors (Lipinski definition) is 7. The minimum absolute atomic E-state index is 0.0386. The zero-order valence-corrected chi connectivity index (χ0v) is 16.5. The molecule has 2 aliphatic rings. The van der Waals surface area contributed by atoms with Gasteiger partial charge < -0.3 is 27.3 Å². The molecule has 1 amide bonds. The van der Waals surface area contributed by atoms with Crippen molar-refractivity contribution in [3.05, 3.63) is 52.4 Å². The number of Topliss-reactive ketones (excluding diaryl/α,β-unsaturated/α-hetero) is 1. The van der Waals surface area contributed by atoms with Crippen molar-refractivity contribution in [1.29, 1.82) is 0 Å². The number of nitrogens with zero attached hydrogens (tertiary/aromatic N) is 2. The summed E-state index contributed by atoms with van der Waals surface area (Å²) in [6.45, 7) is 1.31. The molecule has 30 heavy (non-hydrogen) atoms. The van der Waals surface area contributed by atoms with Gasteiger partial charge in [-0.1, -0.05) is 24.3 Å². The highest BCUT2D eigenvalue weighted by molar-refractivity contribution is 6.16. The second-order valence-electron chi connectivity index (χ2n) is 7.36. The first kappa shape index (κ1) is 21.1.